The summed E-state index contributed by atoms with van der Waals surface area (Å²) < 4.78 is 15.4. The fourth-order valence-electron chi connectivity index (χ4n) is 3.35. The van der Waals surface area contributed by atoms with E-state index in [4.69, 9.17) is 14.2 Å². The second-order valence-corrected chi connectivity index (χ2v) is 10.3. The third kappa shape index (κ3) is 7.81. The number of methoxy groups -OCH3 is 1. The molecule has 3 atom stereocenters. The predicted octanol–water partition coefficient (Wildman–Crippen LogP) is 3.39. The first kappa shape index (κ1) is 26.2. The Morgan fingerprint density at radius 1 is 1.09 bits per heavy atom. The molecule has 1 aliphatic carbocycles. The van der Waals surface area contributed by atoms with E-state index in [0.717, 1.165) is 10.4 Å². The van der Waals surface area contributed by atoms with Crippen molar-refractivity contribution in [1.82, 2.24) is 10.6 Å². The highest BCUT2D eigenvalue weighted by molar-refractivity contribution is 7.14. The van der Waals surface area contributed by atoms with Crippen molar-refractivity contribution in [3.8, 4) is 0 Å². The van der Waals surface area contributed by atoms with Crippen LogP contribution in [0.3, 0.4) is 0 Å². The molecule has 1 aliphatic rings. The molecule has 3 rings (SSSR count). The van der Waals surface area contributed by atoms with Crippen LogP contribution in [-0.4, -0.2) is 49.2 Å². The van der Waals surface area contributed by atoms with Crippen molar-refractivity contribution in [3.05, 3.63) is 57.8 Å². The number of esters is 2. The molecule has 0 aliphatic heterocycles. The van der Waals surface area contributed by atoms with Gasteiger partial charge in [-0.25, -0.2) is 9.59 Å². The number of rotatable bonds is 9. The molecular formula is C25H30N2O7S. The van der Waals surface area contributed by atoms with Crippen LogP contribution in [0.4, 0.5) is 4.79 Å². The zero-order valence-corrected chi connectivity index (χ0v) is 21.0. The average Bonchev–Trinajstić information content (AvgIpc) is 3.46. The van der Waals surface area contributed by atoms with E-state index in [1.54, 1.807) is 26.8 Å². The number of alkyl carbamates (subject to hydrolysis) is 1. The largest absolute Gasteiger partial charge is 0.469 e. The Morgan fingerprint density at radius 2 is 1.80 bits per heavy atom. The standard InChI is InChI=1S/C25H30N2O7S/c1-25(2,3)34-23(30)18(27-24(31)33-14-15-8-6-5-7-9-15)13-26-21(28)20-11-10-19(35-20)16-12-17(16)22(29)32-4/h5-11,16-18H,12-14H2,1-4H3,(H,26,28)(H,27,31)/t16?,17?,18-/m0/s1. The first-order valence-corrected chi connectivity index (χ1v) is 12.0. The van der Waals surface area contributed by atoms with Crippen LogP contribution in [0.25, 0.3) is 0 Å². The number of hydrogen-bond donors (Lipinski definition) is 2. The SMILES string of the molecule is COC(=O)C1CC1c1ccc(C(=O)NC[C@H](NC(=O)OCc2ccccc2)C(=O)OC(C)(C)C)s1. The van der Waals surface area contributed by atoms with E-state index < -0.39 is 29.6 Å². The molecular weight excluding hydrogens is 472 g/mol. The lowest BCUT2D eigenvalue weighted by Gasteiger charge is -2.24. The quantitative estimate of drug-likeness (QED) is 0.398. The molecule has 1 heterocycles. The number of amides is 2. The van der Waals surface area contributed by atoms with E-state index >= 15 is 0 Å². The van der Waals surface area contributed by atoms with E-state index in [9.17, 15) is 19.2 Å². The lowest BCUT2D eigenvalue weighted by Crippen LogP contribution is -2.50. The van der Waals surface area contributed by atoms with Crippen molar-refractivity contribution in [2.45, 2.75) is 51.4 Å². The van der Waals surface area contributed by atoms with Crippen molar-refractivity contribution in [1.29, 1.82) is 0 Å². The number of thiophene rings is 1. The third-order valence-electron chi connectivity index (χ3n) is 5.17. The second-order valence-electron chi connectivity index (χ2n) is 9.18. The third-order valence-corrected chi connectivity index (χ3v) is 6.39. The zero-order chi connectivity index (χ0) is 25.6. The Morgan fingerprint density at radius 3 is 2.46 bits per heavy atom. The van der Waals surface area contributed by atoms with E-state index in [0.29, 0.717) is 11.3 Å². The van der Waals surface area contributed by atoms with Gasteiger partial charge in [0.25, 0.3) is 5.91 Å². The van der Waals surface area contributed by atoms with Crippen LogP contribution in [0.1, 0.15) is 53.2 Å². The smallest absolute Gasteiger partial charge is 0.408 e. The van der Waals surface area contributed by atoms with Crippen LogP contribution in [0, 0.1) is 5.92 Å². The monoisotopic (exact) mass is 502 g/mol. The highest BCUT2D eigenvalue weighted by Crippen LogP contribution is 2.50. The molecule has 0 radical (unpaired) electrons. The lowest BCUT2D eigenvalue weighted by molar-refractivity contribution is -0.157. The van der Waals surface area contributed by atoms with E-state index in [2.05, 4.69) is 10.6 Å². The van der Waals surface area contributed by atoms with Crippen molar-refractivity contribution < 1.29 is 33.4 Å². The molecule has 0 bridgehead atoms. The summed E-state index contributed by atoms with van der Waals surface area (Å²) in [5.74, 6) is -1.45. The Hall–Kier alpha value is -3.40. The van der Waals surface area contributed by atoms with Gasteiger partial charge in [0.15, 0.2) is 0 Å². The first-order chi connectivity index (χ1) is 16.6. The highest BCUT2D eigenvalue weighted by Gasteiger charge is 2.45. The van der Waals surface area contributed by atoms with E-state index in [1.807, 2.05) is 36.4 Å². The summed E-state index contributed by atoms with van der Waals surface area (Å²) in [6.07, 6.45) is -0.107. The van der Waals surface area contributed by atoms with Gasteiger partial charge in [-0.15, -0.1) is 11.3 Å². The molecule has 35 heavy (non-hydrogen) atoms. The number of nitrogens with one attached hydrogen (secondary N) is 2. The Balaban J connectivity index is 1.57. The van der Waals surface area contributed by atoms with Gasteiger partial charge in [-0.05, 0) is 44.9 Å². The van der Waals surface area contributed by atoms with E-state index in [1.165, 1.54) is 18.4 Å². The van der Waals surface area contributed by atoms with Crippen LogP contribution in [0.2, 0.25) is 0 Å². The van der Waals surface area contributed by atoms with Crippen molar-refractivity contribution in [3.63, 3.8) is 0 Å². The number of benzene rings is 1. The normalized spacial score (nSPS) is 17.6. The number of ether oxygens (including phenoxy) is 3. The molecule has 1 saturated carbocycles. The molecule has 1 aromatic carbocycles. The summed E-state index contributed by atoms with van der Waals surface area (Å²) in [6, 6.07) is 11.5. The van der Waals surface area contributed by atoms with Gasteiger partial charge in [0, 0.05) is 17.3 Å². The topological polar surface area (TPSA) is 120 Å². The predicted molar refractivity (Wildman–Crippen MR) is 129 cm³/mol. The summed E-state index contributed by atoms with van der Waals surface area (Å²) in [7, 11) is 1.36. The molecule has 1 aromatic heterocycles. The van der Waals surface area contributed by atoms with Gasteiger partial charge < -0.3 is 24.8 Å². The molecule has 10 heteroatoms. The number of carbonyl (C=O) groups is 4. The first-order valence-electron chi connectivity index (χ1n) is 11.2. The molecule has 2 amide bonds. The summed E-state index contributed by atoms with van der Waals surface area (Å²) in [6.45, 7) is 4.98. The van der Waals surface area contributed by atoms with Gasteiger partial charge in [-0.3, -0.25) is 9.59 Å². The number of hydrogen-bond acceptors (Lipinski definition) is 8. The van der Waals surface area contributed by atoms with Crippen molar-refractivity contribution >= 4 is 35.3 Å². The summed E-state index contributed by atoms with van der Waals surface area (Å²) in [5.41, 5.74) is 0.0151. The molecule has 2 aromatic rings. The second kappa shape index (κ2) is 11.4. The summed E-state index contributed by atoms with van der Waals surface area (Å²) in [5, 5.41) is 5.15. The minimum absolute atomic E-state index is 0.0335. The molecule has 188 valence electrons. The van der Waals surface area contributed by atoms with Crippen LogP contribution in [0.15, 0.2) is 42.5 Å². The zero-order valence-electron chi connectivity index (χ0n) is 20.2. The van der Waals surface area contributed by atoms with Gasteiger partial charge in [-0.2, -0.15) is 0 Å². The maximum atomic E-state index is 12.7. The van der Waals surface area contributed by atoms with Gasteiger partial charge in [0.1, 0.15) is 18.2 Å². The van der Waals surface area contributed by atoms with Gasteiger partial charge in [0.2, 0.25) is 0 Å². The minimum atomic E-state index is -1.15. The Kier molecular flexibility index (Phi) is 8.50. The molecule has 9 nitrogen and oxygen atoms in total. The molecule has 0 saturated heterocycles. The van der Waals surface area contributed by atoms with Crippen LogP contribution in [0.5, 0.6) is 0 Å². The number of carbonyl (C=O) groups excluding carboxylic acids is 4. The fraction of sp³-hybridized carbons (Fsp3) is 0.440. The van der Waals surface area contributed by atoms with Crippen LogP contribution in [-0.2, 0) is 30.4 Å². The van der Waals surface area contributed by atoms with Gasteiger partial charge >= 0.3 is 18.0 Å². The molecule has 2 N–H and O–H groups in total. The highest BCUT2D eigenvalue weighted by atomic mass is 32.1. The van der Waals surface area contributed by atoms with Gasteiger partial charge in [-0.1, -0.05) is 30.3 Å². The average molecular weight is 503 g/mol. The minimum Gasteiger partial charge on any atom is -0.469 e. The van der Waals surface area contributed by atoms with Crippen molar-refractivity contribution in [2.24, 2.45) is 5.92 Å². The molecule has 0 spiro atoms. The summed E-state index contributed by atoms with van der Waals surface area (Å²) >= 11 is 1.28. The lowest BCUT2D eigenvalue weighted by atomic mass is 10.2. The maximum absolute atomic E-state index is 12.7. The molecule has 1 fully saturated rings. The Bertz CT molecular complexity index is 1060. The van der Waals surface area contributed by atoms with Crippen molar-refractivity contribution in [2.75, 3.05) is 13.7 Å². The summed E-state index contributed by atoms with van der Waals surface area (Å²) in [4.78, 5) is 50.7. The van der Waals surface area contributed by atoms with Crippen LogP contribution < -0.4 is 10.6 Å². The van der Waals surface area contributed by atoms with Gasteiger partial charge in [0.05, 0.1) is 17.9 Å². The Labute approximate surface area is 208 Å². The van der Waals surface area contributed by atoms with E-state index in [-0.39, 0.29) is 31.0 Å². The maximum Gasteiger partial charge on any atom is 0.408 e. The molecule has 2 unspecified atom stereocenters. The van der Waals surface area contributed by atoms with Crippen LogP contribution >= 0.6 is 11.3 Å². The fourth-order valence-corrected chi connectivity index (χ4v) is 4.45.